The molecule has 0 saturated carbocycles. The predicted octanol–water partition coefficient (Wildman–Crippen LogP) is 0.145. The first-order valence-corrected chi connectivity index (χ1v) is 5.24. The van der Waals surface area contributed by atoms with Gasteiger partial charge >= 0.3 is 11.9 Å². The molecule has 5 N–H and O–H groups in total. The van der Waals surface area contributed by atoms with Gasteiger partial charge in [-0.3, -0.25) is 4.79 Å². The van der Waals surface area contributed by atoms with Gasteiger partial charge in [0.25, 0.3) is 5.97 Å². The van der Waals surface area contributed by atoms with Crippen molar-refractivity contribution >= 4 is 17.9 Å². The van der Waals surface area contributed by atoms with E-state index in [1.165, 1.54) is 24.3 Å². The Bertz CT molecular complexity index is 385. The lowest BCUT2D eigenvalue weighted by Crippen LogP contribution is -1.99. The van der Waals surface area contributed by atoms with Crippen molar-refractivity contribution in [2.75, 3.05) is 13.2 Å². The molecule has 0 aliphatic carbocycles. The first kappa shape index (κ1) is 19.9. The number of carboxylic acids is 3. The van der Waals surface area contributed by atoms with Gasteiger partial charge in [-0.05, 0) is 24.3 Å². The quantitative estimate of drug-likeness (QED) is 0.526. The topological polar surface area (TPSA) is 152 Å². The van der Waals surface area contributed by atoms with Gasteiger partial charge in [0.15, 0.2) is 0 Å². The van der Waals surface area contributed by atoms with Gasteiger partial charge in [0, 0.05) is 6.92 Å². The SMILES string of the molecule is CC(=O)O.O=C(O)c1ccc(C(=O)O)cc1.OCCO. The van der Waals surface area contributed by atoms with E-state index in [1.807, 2.05) is 0 Å². The second-order valence-electron chi connectivity index (χ2n) is 3.15. The van der Waals surface area contributed by atoms with E-state index < -0.39 is 17.9 Å². The maximum atomic E-state index is 10.3. The zero-order valence-electron chi connectivity index (χ0n) is 10.7. The highest BCUT2D eigenvalue weighted by molar-refractivity contribution is 5.91. The Balaban J connectivity index is 0. The largest absolute Gasteiger partial charge is 0.481 e. The first-order valence-electron chi connectivity index (χ1n) is 5.24. The number of rotatable bonds is 3. The molecular weight excluding hydrogens is 272 g/mol. The summed E-state index contributed by atoms with van der Waals surface area (Å²) >= 11 is 0. The molecule has 0 atom stereocenters. The lowest BCUT2D eigenvalue weighted by atomic mass is 10.1. The summed E-state index contributed by atoms with van der Waals surface area (Å²) in [5.41, 5.74) is 0.167. The van der Waals surface area contributed by atoms with Crippen LogP contribution in [0.4, 0.5) is 0 Å². The standard InChI is InChI=1S/C8H6O4.C2H4O2.C2H6O2/c9-7(10)5-1-2-6(4-3-5)8(11)12;1-2(3)4;3-1-2-4/h1-4H,(H,9,10)(H,11,12);1H3,(H,3,4);3-4H,1-2H2. The van der Waals surface area contributed by atoms with E-state index in [0.29, 0.717) is 0 Å². The summed E-state index contributed by atoms with van der Waals surface area (Å²) in [5, 5.41) is 39.6. The van der Waals surface area contributed by atoms with Gasteiger partial charge in [-0.2, -0.15) is 0 Å². The molecule has 8 nitrogen and oxygen atoms in total. The number of aliphatic carboxylic acids is 1. The smallest absolute Gasteiger partial charge is 0.335 e. The number of benzene rings is 1. The third-order valence-electron chi connectivity index (χ3n) is 1.48. The van der Waals surface area contributed by atoms with Gasteiger partial charge in [0.2, 0.25) is 0 Å². The molecule has 1 rings (SSSR count). The fourth-order valence-corrected chi connectivity index (χ4v) is 0.755. The van der Waals surface area contributed by atoms with Crippen molar-refractivity contribution in [1.82, 2.24) is 0 Å². The molecule has 0 spiro atoms. The van der Waals surface area contributed by atoms with Gasteiger partial charge in [-0.25, -0.2) is 9.59 Å². The highest BCUT2D eigenvalue weighted by atomic mass is 16.4. The molecule has 0 amide bonds. The number of hydrogen-bond donors (Lipinski definition) is 5. The molecule has 0 aromatic heterocycles. The van der Waals surface area contributed by atoms with Crippen molar-refractivity contribution in [3.8, 4) is 0 Å². The average Bonchev–Trinajstić information content (AvgIpc) is 2.38. The van der Waals surface area contributed by atoms with Gasteiger partial charge in [0.1, 0.15) is 0 Å². The second-order valence-corrected chi connectivity index (χ2v) is 3.15. The highest BCUT2D eigenvalue weighted by Crippen LogP contribution is 2.03. The maximum Gasteiger partial charge on any atom is 0.335 e. The van der Waals surface area contributed by atoms with Gasteiger partial charge in [-0.1, -0.05) is 0 Å². The summed E-state index contributed by atoms with van der Waals surface area (Å²) in [7, 11) is 0. The van der Waals surface area contributed by atoms with E-state index in [1.54, 1.807) is 0 Å². The maximum absolute atomic E-state index is 10.3. The third-order valence-corrected chi connectivity index (χ3v) is 1.48. The minimum atomic E-state index is -1.06. The van der Waals surface area contributed by atoms with Crippen molar-refractivity contribution < 1.29 is 39.9 Å². The molecule has 0 aliphatic rings. The van der Waals surface area contributed by atoms with Gasteiger partial charge in [-0.15, -0.1) is 0 Å². The molecule has 20 heavy (non-hydrogen) atoms. The zero-order chi connectivity index (χ0) is 16.1. The fraction of sp³-hybridized carbons (Fsp3) is 0.250. The van der Waals surface area contributed by atoms with Crippen LogP contribution in [-0.4, -0.2) is 56.7 Å². The Hall–Kier alpha value is -2.45. The Labute approximate surface area is 114 Å². The summed E-state index contributed by atoms with van der Waals surface area (Å²) in [5.74, 6) is -2.96. The van der Waals surface area contributed by atoms with Crippen molar-refractivity contribution in [3.63, 3.8) is 0 Å². The van der Waals surface area contributed by atoms with Crippen molar-refractivity contribution in [1.29, 1.82) is 0 Å². The molecule has 8 heteroatoms. The molecule has 1 aromatic rings. The van der Waals surface area contributed by atoms with Crippen LogP contribution in [0.15, 0.2) is 24.3 Å². The Kier molecular flexibility index (Phi) is 11.6. The number of aliphatic hydroxyl groups is 2. The van der Waals surface area contributed by atoms with Crippen molar-refractivity contribution in [2.45, 2.75) is 6.92 Å². The van der Waals surface area contributed by atoms with E-state index >= 15 is 0 Å². The van der Waals surface area contributed by atoms with E-state index in [-0.39, 0.29) is 24.3 Å². The minimum absolute atomic E-state index is 0.0833. The Morgan fingerprint density at radius 3 is 1.10 bits per heavy atom. The van der Waals surface area contributed by atoms with Gasteiger partial charge < -0.3 is 25.5 Å². The predicted molar refractivity (Wildman–Crippen MR) is 67.8 cm³/mol. The summed E-state index contributed by atoms with van der Waals surface area (Å²) in [6.07, 6.45) is 0. The molecule has 0 aliphatic heterocycles. The summed E-state index contributed by atoms with van der Waals surface area (Å²) in [4.78, 5) is 29.7. The van der Waals surface area contributed by atoms with Crippen LogP contribution in [0.2, 0.25) is 0 Å². The summed E-state index contributed by atoms with van der Waals surface area (Å²) in [6.45, 7) is 0.833. The van der Waals surface area contributed by atoms with Crippen LogP contribution in [0.1, 0.15) is 27.6 Å². The molecule has 0 saturated heterocycles. The van der Waals surface area contributed by atoms with Crippen LogP contribution in [0, 0.1) is 0 Å². The summed E-state index contributed by atoms with van der Waals surface area (Å²) < 4.78 is 0. The Morgan fingerprint density at radius 1 is 0.800 bits per heavy atom. The molecule has 0 radical (unpaired) electrons. The summed E-state index contributed by atoms with van der Waals surface area (Å²) in [6, 6.07) is 5.02. The number of aromatic carboxylic acids is 2. The van der Waals surface area contributed by atoms with Crippen LogP contribution in [0.25, 0.3) is 0 Å². The highest BCUT2D eigenvalue weighted by Gasteiger charge is 2.04. The average molecular weight is 288 g/mol. The molecule has 112 valence electrons. The number of carbonyl (C=O) groups is 3. The normalized spacial score (nSPS) is 8.35. The molecular formula is C12H16O8. The number of carboxylic acid groups (broad SMARTS) is 3. The molecule has 0 unspecified atom stereocenters. The fourth-order valence-electron chi connectivity index (χ4n) is 0.755. The Morgan fingerprint density at radius 2 is 1.00 bits per heavy atom. The third kappa shape index (κ3) is 12.0. The zero-order valence-corrected chi connectivity index (χ0v) is 10.7. The van der Waals surface area contributed by atoms with Crippen LogP contribution < -0.4 is 0 Å². The van der Waals surface area contributed by atoms with Crippen LogP contribution in [-0.2, 0) is 4.79 Å². The van der Waals surface area contributed by atoms with Crippen molar-refractivity contribution in [3.05, 3.63) is 35.4 Å². The molecule has 0 fully saturated rings. The van der Waals surface area contributed by atoms with E-state index in [2.05, 4.69) is 0 Å². The van der Waals surface area contributed by atoms with E-state index in [0.717, 1.165) is 6.92 Å². The lowest BCUT2D eigenvalue weighted by molar-refractivity contribution is -0.134. The molecule has 0 heterocycles. The van der Waals surface area contributed by atoms with Crippen LogP contribution in [0.3, 0.4) is 0 Å². The lowest BCUT2D eigenvalue weighted by Gasteiger charge is -1.94. The van der Waals surface area contributed by atoms with Crippen molar-refractivity contribution in [2.24, 2.45) is 0 Å². The minimum Gasteiger partial charge on any atom is -0.481 e. The van der Waals surface area contributed by atoms with Gasteiger partial charge in [0.05, 0.1) is 24.3 Å². The first-order chi connectivity index (χ1) is 9.26. The van der Waals surface area contributed by atoms with Crippen LogP contribution >= 0.6 is 0 Å². The number of aliphatic hydroxyl groups excluding tert-OH is 2. The monoisotopic (exact) mass is 288 g/mol. The number of hydrogen-bond acceptors (Lipinski definition) is 5. The van der Waals surface area contributed by atoms with E-state index in [4.69, 9.17) is 30.3 Å². The van der Waals surface area contributed by atoms with E-state index in [9.17, 15) is 9.59 Å². The van der Waals surface area contributed by atoms with Crippen LogP contribution in [0.5, 0.6) is 0 Å². The second kappa shape index (κ2) is 11.6. The molecule has 0 bridgehead atoms. The molecule has 1 aromatic carbocycles.